The highest BCUT2D eigenvalue weighted by Crippen LogP contribution is 2.68. The maximum Gasteiger partial charge on any atom is 0.338 e. The average Bonchev–Trinajstić information content (AvgIpc) is 3.20. The minimum Gasteiger partial charge on any atom is -0.456 e. The van der Waals surface area contributed by atoms with Crippen LogP contribution >= 0.6 is 0 Å². The monoisotopic (exact) mass is 584 g/mol. The largest absolute Gasteiger partial charge is 0.456 e. The maximum atomic E-state index is 13.5. The number of fused-ring (bicyclic) bond motifs is 5. The van der Waals surface area contributed by atoms with E-state index in [0.717, 1.165) is 0 Å². The summed E-state index contributed by atoms with van der Waals surface area (Å²) in [5, 5.41) is 56.3. The number of ether oxygens (including phenoxy) is 1. The number of rotatable bonds is 7. The molecule has 1 aromatic carbocycles. The smallest absolute Gasteiger partial charge is 0.338 e. The normalized spacial score (nSPS) is 40.2. The zero-order chi connectivity index (χ0) is 30.9. The van der Waals surface area contributed by atoms with Crippen LogP contribution in [0.3, 0.4) is 0 Å². The molecule has 0 spiro atoms. The summed E-state index contributed by atoms with van der Waals surface area (Å²) in [6.45, 7) is 9.00. The van der Waals surface area contributed by atoms with E-state index in [9.17, 15) is 35.1 Å². The molecule has 0 heterocycles. The Morgan fingerprint density at radius 2 is 1.69 bits per heavy atom. The summed E-state index contributed by atoms with van der Waals surface area (Å²) >= 11 is 0. The van der Waals surface area contributed by atoms with E-state index in [-0.39, 0.29) is 31.0 Å². The second-order valence-corrected chi connectivity index (χ2v) is 14.9. The van der Waals surface area contributed by atoms with Crippen molar-refractivity contribution in [3.8, 4) is 0 Å². The fourth-order valence-electron chi connectivity index (χ4n) is 9.26. The van der Waals surface area contributed by atoms with Gasteiger partial charge in [-0.05, 0) is 113 Å². The van der Waals surface area contributed by atoms with Gasteiger partial charge in [0.25, 0.3) is 0 Å². The van der Waals surface area contributed by atoms with Crippen molar-refractivity contribution in [3.63, 3.8) is 0 Å². The van der Waals surface area contributed by atoms with Gasteiger partial charge in [0.15, 0.2) is 5.78 Å². The van der Waals surface area contributed by atoms with E-state index in [1.165, 1.54) is 0 Å². The number of aliphatic hydroxyl groups excluding tert-OH is 2. The second kappa shape index (κ2) is 10.5. The van der Waals surface area contributed by atoms with Gasteiger partial charge in [0.1, 0.15) is 11.7 Å². The number of hydrogen-bond acceptors (Lipinski definition) is 8. The van der Waals surface area contributed by atoms with Crippen LogP contribution in [0.25, 0.3) is 0 Å². The SMILES string of the molecule is CC(C)(O)CC[C@H](OC(=O)c1ccccc1)[C@](C)(O)[C@@H]1CC[C@@]2(O)C3=CC(=O)[C@H]4C[C@@H](O)[C@H](O)C[C@]4(C)[C@H]3CC[C@]12C. The van der Waals surface area contributed by atoms with Crippen LogP contribution < -0.4 is 0 Å². The van der Waals surface area contributed by atoms with Crippen molar-refractivity contribution in [2.75, 3.05) is 0 Å². The molecule has 3 fully saturated rings. The number of carbonyl (C=O) groups excluding carboxylic acids is 2. The molecule has 0 aromatic heterocycles. The third-order valence-electron chi connectivity index (χ3n) is 11.8. The molecule has 4 aliphatic rings. The van der Waals surface area contributed by atoms with Crippen LogP contribution in [0, 0.1) is 28.6 Å². The van der Waals surface area contributed by atoms with Gasteiger partial charge in [-0.1, -0.05) is 32.0 Å². The number of hydrogen-bond donors (Lipinski definition) is 5. The summed E-state index contributed by atoms with van der Waals surface area (Å²) in [4.78, 5) is 26.7. The third-order valence-corrected chi connectivity index (χ3v) is 11.8. The van der Waals surface area contributed by atoms with Crippen molar-refractivity contribution >= 4 is 11.8 Å². The molecule has 232 valence electrons. The van der Waals surface area contributed by atoms with Gasteiger partial charge in [0.05, 0.1) is 29.0 Å². The van der Waals surface area contributed by atoms with Crippen molar-refractivity contribution in [2.24, 2.45) is 28.6 Å². The van der Waals surface area contributed by atoms with Crippen LogP contribution in [0.1, 0.15) is 96.3 Å². The molecule has 8 nitrogen and oxygen atoms in total. The first-order chi connectivity index (χ1) is 19.4. The van der Waals surface area contributed by atoms with Crippen LogP contribution in [-0.2, 0) is 9.53 Å². The predicted molar refractivity (Wildman–Crippen MR) is 156 cm³/mol. The van der Waals surface area contributed by atoms with E-state index < -0.39 is 63.8 Å². The Kier molecular flexibility index (Phi) is 7.84. The lowest BCUT2D eigenvalue weighted by Crippen LogP contribution is -2.63. The molecule has 0 bridgehead atoms. The Labute approximate surface area is 248 Å². The van der Waals surface area contributed by atoms with Crippen LogP contribution in [0.5, 0.6) is 0 Å². The molecular weight excluding hydrogens is 536 g/mol. The first-order valence-corrected chi connectivity index (χ1v) is 15.5. The quantitative estimate of drug-likeness (QED) is 0.305. The molecule has 5 N–H and O–H groups in total. The van der Waals surface area contributed by atoms with Crippen molar-refractivity contribution in [1.82, 2.24) is 0 Å². The topological polar surface area (TPSA) is 145 Å². The molecule has 0 aliphatic heterocycles. The Hall–Kier alpha value is -2.10. The summed E-state index contributed by atoms with van der Waals surface area (Å²) in [5.74, 6) is -1.70. The molecule has 10 atom stereocenters. The molecule has 0 unspecified atom stereocenters. The Morgan fingerprint density at radius 3 is 2.33 bits per heavy atom. The van der Waals surface area contributed by atoms with Gasteiger partial charge in [-0.2, -0.15) is 0 Å². The highest BCUT2D eigenvalue weighted by Gasteiger charge is 2.69. The van der Waals surface area contributed by atoms with Crippen LogP contribution in [0.2, 0.25) is 0 Å². The molecule has 5 rings (SSSR count). The fraction of sp³-hybridized carbons (Fsp3) is 0.706. The number of ketones is 1. The zero-order valence-corrected chi connectivity index (χ0v) is 25.5. The summed E-state index contributed by atoms with van der Waals surface area (Å²) in [7, 11) is 0. The Balaban J connectivity index is 1.48. The first kappa shape index (κ1) is 31.3. The average molecular weight is 585 g/mol. The Bertz CT molecular complexity index is 1230. The molecule has 42 heavy (non-hydrogen) atoms. The number of carbonyl (C=O) groups is 2. The van der Waals surface area contributed by atoms with E-state index in [2.05, 4.69) is 0 Å². The first-order valence-electron chi connectivity index (χ1n) is 15.5. The molecule has 4 aliphatic carbocycles. The molecule has 8 heteroatoms. The number of allylic oxidation sites excluding steroid dienone is 1. The minimum atomic E-state index is -1.54. The van der Waals surface area contributed by atoms with Crippen LogP contribution in [0.15, 0.2) is 42.0 Å². The van der Waals surface area contributed by atoms with Crippen molar-refractivity contribution < 1.29 is 39.9 Å². The zero-order valence-electron chi connectivity index (χ0n) is 25.5. The Morgan fingerprint density at radius 1 is 1.02 bits per heavy atom. The van der Waals surface area contributed by atoms with Gasteiger partial charge >= 0.3 is 5.97 Å². The minimum absolute atomic E-state index is 0.123. The van der Waals surface area contributed by atoms with Crippen LogP contribution in [0.4, 0.5) is 0 Å². The lowest BCUT2D eigenvalue weighted by Gasteiger charge is -2.60. The van der Waals surface area contributed by atoms with E-state index in [1.54, 1.807) is 57.2 Å². The van der Waals surface area contributed by atoms with E-state index in [0.29, 0.717) is 43.2 Å². The van der Waals surface area contributed by atoms with Crippen molar-refractivity contribution in [3.05, 3.63) is 47.5 Å². The van der Waals surface area contributed by atoms with E-state index >= 15 is 0 Å². The molecule has 1 aromatic rings. The van der Waals surface area contributed by atoms with Gasteiger partial charge in [0.2, 0.25) is 0 Å². The van der Waals surface area contributed by atoms with Gasteiger partial charge < -0.3 is 30.3 Å². The third kappa shape index (κ3) is 4.97. The van der Waals surface area contributed by atoms with E-state index in [4.69, 9.17) is 4.74 Å². The van der Waals surface area contributed by atoms with Gasteiger partial charge in [-0.3, -0.25) is 4.79 Å². The summed E-state index contributed by atoms with van der Waals surface area (Å²) in [5.41, 5.74) is -4.30. The lowest BCUT2D eigenvalue weighted by atomic mass is 9.45. The summed E-state index contributed by atoms with van der Waals surface area (Å²) < 4.78 is 6.00. The molecule has 3 saturated carbocycles. The number of aliphatic hydroxyl groups is 5. The lowest BCUT2D eigenvalue weighted by molar-refractivity contribution is -0.177. The number of esters is 1. The van der Waals surface area contributed by atoms with E-state index in [1.807, 2.05) is 13.8 Å². The predicted octanol–water partition coefficient (Wildman–Crippen LogP) is 3.72. The fourth-order valence-corrected chi connectivity index (χ4v) is 9.26. The maximum absolute atomic E-state index is 13.5. The highest BCUT2D eigenvalue weighted by molar-refractivity contribution is 5.95. The van der Waals surface area contributed by atoms with Crippen molar-refractivity contribution in [2.45, 2.75) is 121 Å². The van der Waals surface area contributed by atoms with Crippen molar-refractivity contribution in [1.29, 1.82) is 0 Å². The molecule has 0 amide bonds. The highest BCUT2D eigenvalue weighted by atomic mass is 16.6. The van der Waals surface area contributed by atoms with Gasteiger partial charge in [-0.25, -0.2) is 4.79 Å². The molecule has 0 saturated heterocycles. The summed E-state index contributed by atoms with van der Waals surface area (Å²) in [6.07, 6.45) is 1.84. The molecule has 0 radical (unpaired) electrons. The van der Waals surface area contributed by atoms with Gasteiger partial charge in [0, 0.05) is 11.3 Å². The van der Waals surface area contributed by atoms with Gasteiger partial charge in [-0.15, -0.1) is 0 Å². The number of benzene rings is 1. The molecular formula is C34H48O8. The standard InChI is InChI=1S/C34H48O8/c1-30(2,39)14-13-28(42-29(38)20-9-7-6-8-10-20)33(5,40)27-12-16-34(41)22-17-24(35)23-18-25(36)26(37)19-31(23,3)21(22)11-15-32(27,34)4/h6-10,17,21,23,25-28,36-37,39-41H,11-16,18-19H2,1-5H3/t21-,23+,25+,26+,27+,28-,31+,32+,33+,34+/m0/s1. The van der Waals surface area contributed by atoms with Crippen LogP contribution in [-0.4, -0.2) is 72.4 Å². The second-order valence-electron chi connectivity index (χ2n) is 14.9. The summed E-state index contributed by atoms with van der Waals surface area (Å²) in [6, 6.07) is 8.60.